The number of nitrogens with zero attached hydrogens (tertiary/aromatic N) is 1. The van der Waals surface area contributed by atoms with Crippen molar-refractivity contribution in [3.8, 4) is 0 Å². The molecule has 4 rings (SSSR count). The molecule has 1 heterocycles. The van der Waals surface area contributed by atoms with Gasteiger partial charge in [0.25, 0.3) is 5.91 Å². The molecule has 4 heteroatoms. The summed E-state index contributed by atoms with van der Waals surface area (Å²) in [5, 5.41) is 11.2. The van der Waals surface area contributed by atoms with Gasteiger partial charge in [-0.2, -0.15) is 0 Å². The Labute approximate surface area is 157 Å². The number of ketones is 1. The van der Waals surface area contributed by atoms with Crippen LogP contribution in [0.3, 0.4) is 0 Å². The first-order valence-electron chi connectivity index (χ1n) is 8.85. The topological polar surface area (TPSA) is 57.6 Å². The molecule has 1 amide bonds. The van der Waals surface area contributed by atoms with E-state index in [1.54, 1.807) is 36.4 Å². The highest BCUT2D eigenvalue weighted by Crippen LogP contribution is 2.35. The third-order valence-corrected chi connectivity index (χ3v) is 4.90. The van der Waals surface area contributed by atoms with Gasteiger partial charge in [-0.3, -0.25) is 9.59 Å². The zero-order valence-electron chi connectivity index (χ0n) is 14.7. The lowest BCUT2D eigenvalue weighted by molar-refractivity contribution is -0.133. The van der Waals surface area contributed by atoms with Crippen LogP contribution >= 0.6 is 0 Å². The predicted molar refractivity (Wildman–Crippen MR) is 104 cm³/mol. The van der Waals surface area contributed by atoms with Crippen LogP contribution in [-0.4, -0.2) is 22.4 Å². The summed E-state index contributed by atoms with van der Waals surface area (Å²) in [5.74, 6) is -1.13. The minimum Gasteiger partial charge on any atom is -0.373 e. The molecule has 3 aromatic rings. The molecule has 0 saturated heterocycles. The highest BCUT2D eigenvalue weighted by molar-refractivity contribution is 6.27. The van der Waals surface area contributed by atoms with E-state index < -0.39 is 17.3 Å². The van der Waals surface area contributed by atoms with Crippen molar-refractivity contribution >= 4 is 17.4 Å². The van der Waals surface area contributed by atoms with Crippen molar-refractivity contribution in [1.82, 2.24) is 0 Å². The molecule has 1 unspecified atom stereocenters. The van der Waals surface area contributed by atoms with Crippen LogP contribution in [0.15, 0.2) is 84.9 Å². The average Bonchev–Trinajstić information content (AvgIpc) is 2.71. The summed E-state index contributed by atoms with van der Waals surface area (Å²) >= 11 is 0. The fraction of sp³-hybridized carbons (Fsp3) is 0.130. The fourth-order valence-corrected chi connectivity index (χ4v) is 3.52. The number of para-hydroxylation sites is 1. The fourth-order valence-electron chi connectivity index (χ4n) is 3.52. The van der Waals surface area contributed by atoms with E-state index >= 15 is 0 Å². The molecule has 4 nitrogen and oxygen atoms in total. The maximum Gasteiger partial charge on any atom is 0.267 e. The molecule has 0 aliphatic carbocycles. The Morgan fingerprint density at radius 1 is 0.741 bits per heavy atom. The van der Waals surface area contributed by atoms with Gasteiger partial charge in [-0.1, -0.05) is 72.8 Å². The van der Waals surface area contributed by atoms with Crippen molar-refractivity contribution in [2.45, 2.75) is 18.6 Å². The van der Waals surface area contributed by atoms with Gasteiger partial charge in [0.2, 0.25) is 11.4 Å². The Kier molecular flexibility index (Phi) is 4.34. The van der Waals surface area contributed by atoms with E-state index in [9.17, 15) is 14.7 Å². The van der Waals surface area contributed by atoms with E-state index in [-0.39, 0.29) is 6.42 Å². The molecule has 3 aromatic carbocycles. The summed E-state index contributed by atoms with van der Waals surface area (Å²) in [5.41, 5.74) is 0.461. The van der Waals surface area contributed by atoms with E-state index in [0.29, 0.717) is 17.8 Å². The van der Waals surface area contributed by atoms with Crippen molar-refractivity contribution < 1.29 is 14.7 Å². The number of hydrogen-bond donors (Lipinski definition) is 1. The first-order chi connectivity index (χ1) is 13.1. The van der Waals surface area contributed by atoms with Crippen LogP contribution in [0.1, 0.15) is 21.5 Å². The molecule has 0 radical (unpaired) electrons. The second-order valence-electron chi connectivity index (χ2n) is 6.75. The molecule has 27 heavy (non-hydrogen) atoms. The molecule has 0 aromatic heterocycles. The minimum atomic E-state index is -2.11. The highest BCUT2D eigenvalue weighted by atomic mass is 16.3. The number of rotatable bonds is 4. The molecule has 0 saturated carbocycles. The van der Waals surface area contributed by atoms with E-state index in [1.807, 2.05) is 48.5 Å². The summed E-state index contributed by atoms with van der Waals surface area (Å²) in [7, 11) is 0. The van der Waals surface area contributed by atoms with Gasteiger partial charge in [-0.05, 0) is 23.3 Å². The number of hydrogen-bond acceptors (Lipinski definition) is 3. The number of anilines is 1. The smallest absolute Gasteiger partial charge is 0.267 e. The van der Waals surface area contributed by atoms with Crippen molar-refractivity contribution in [2.75, 3.05) is 4.90 Å². The third kappa shape index (κ3) is 3.04. The van der Waals surface area contributed by atoms with Crippen molar-refractivity contribution in [3.63, 3.8) is 0 Å². The van der Waals surface area contributed by atoms with Gasteiger partial charge >= 0.3 is 0 Å². The van der Waals surface area contributed by atoms with Crippen LogP contribution in [0, 0.1) is 0 Å². The molecule has 0 fully saturated rings. The Hall–Kier alpha value is -3.24. The number of Topliss-reactive ketones (excluding diaryl/α,β-unsaturated/α-hetero) is 1. The number of benzene rings is 3. The highest BCUT2D eigenvalue weighted by Gasteiger charge is 2.51. The normalized spacial score (nSPS) is 19.1. The quantitative estimate of drug-likeness (QED) is 0.728. The summed E-state index contributed by atoms with van der Waals surface area (Å²) < 4.78 is 0. The summed E-state index contributed by atoms with van der Waals surface area (Å²) in [6.07, 6.45) is -0.0505. The number of carbonyl (C=O) groups excluding carboxylic acids is 2. The van der Waals surface area contributed by atoms with E-state index in [0.717, 1.165) is 11.1 Å². The SMILES string of the molecule is O=C1c2ccccc2N(Cc2ccccc2)C(=O)C1(O)Cc1ccccc1. The first-order valence-corrected chi connectivity index (χ1v) is 8.85. The summed E-state index contributed by atoms with van der Waals surface area (Å²) in [6.45, 7) is 0.293. The average molecular weight is 357 g/mol. The summed E-state index contributed by atoms with van der Waals surface area (Å²) in [6, 6.07) is 25.6. The first kappa shape index (κ1) is 17.2. The van der Waals surface area contributed by atoms with Gasteiger partial charge < -0.3 is 10.0 Å². The standard InChI is InChI=1S/C23H19NO3/c25-21-19-13-7-8-14-20(19)24(16-18-11-5-2-6-12-18)22(26)23(21,27)15-17-9-3-1-4-10-17/h1-14,27H,15-16H2. The van der Waals surface area contributed by atoms with Gasteiger partial charge in [0.15, 0.2) is 0 Å². The van der Waals surface area contributed by atoms with Gasteiger partial charge in [0.1, 0.15) is 0 Å². The Balaban J connectivity index is 1.78. The third-order valence-electron chi connectivity index (χ3n) is 4.90. The molecule has 1 atom stereocenters. The largest absolute Gasteiger partial charge is 0.373 e. The zero-order valence-corrected chi connectivity index (χ0v) is 14.7. The van der Waals surface area contributed by atoms with Gasteiger partial charge in [0, 0.05) is 12.0 Å². The van der Waals surface area contributed by atoms with Gasteiger partial charge in [0.05, 0.1) is 12.2 Å². The van der Waals surface area contributed by atoms with Crippen molar-refractivity contribution in [3.05, 3.63) is 102 Å². The van der Waals surface area contributed by atoms with E-state index in [1.165, 1.54) is 4.90 Å². The molecule has 134 valence electrons. The molecule has 0 bridgehead atoms. The maximum absolute atomic E-state index is 13.3. The van der Waals surface area contributed by atoms with Crippen LogP contribution < -0.4 is 4.90 Å². The second-order valence-corrected chi connectivity index (χ2v) is 6.75. The molecule has 1 aliphatic heterocycles. The lowest BCUT2D eigenvalue weighted by Crippen LogP contribution is -2.59. The van der Waals surface area contributed by atoms with Gasteiger partial charge in [-0.15, -0.1) is 0 Å². The Morgan fingerprint density at radius 3 is 1.96 bits per heavy atom. The van der Waals surface area contributed by atoms with Crippen LogP contribution in [0.4, 0.5) is 5.69 Å². The molecule has 0 spiro atoms. The van der Waals surface area contributed by atoms with Crippen LogP contribution in [0.5, 0.6) is 0 Å². The lowest BCUT2D eigenvalue weighted by Gasteiger charge is -2.38. The predicted octanol–water partition coefficient (Wildman–Crippen LogP) is 3.39. The lowest BCUT2D eigenvalue weighted by atomic mass is 9.81. The monoisotopic (exact) mass is 357 g/mol. The van der Waals surface area contributed by atoms with Gasteiger partial charge in [-0.25, -0.2) is 0 Å². The van der Waals surface area contributed by atoms with E-state index in [4.69, 9.17) is 0 Å². The molecular formula is C23H19NO3. The van der Waals surface area contributed by atoms with Crippen molar-refractivity contribution in [2.24, 2.45) is 0 Å². The Bertz CT molecular complexity index is 985. The number of amides is 1. The summed E-state index contributed by atoms with van der Waals surface area (Å²) in [4.78, 5) is 27.8. The molecule has 1 aliphatic rings. The van der Waals surface area contributed by atoms with Crippen molar-refractivity contribution in [1.29, 1.82) is 0 Å². The van der Waals surface area contributed by atoms with Crippen LogP contribution in [0.2, 0.25) is 0 Å². The Morgan fingerprint density at radius 2 is 1.30 bits per heavy atom. The second kappa shape index (κ2) is 6.82. The van der Waals surface area contributed by atoms with Crippen LogP contribution in [0.25, 0.3) is 0 Å². The minimum absolute atomic E-state index is 0.0505. The van der Waals surface area contributed by atoms with E-state index in [2.05, 4.69) is 0 Å². The zero-order chi connectivity index (χ0) is 18.9. The number of carbonyl (C=O) groups is 2. The molecular weight excluding hydrogens is 338 g/mol. The number of fused-ring (bicyclic) bond motifs is 1. The maximum atomic E-state index is 13.3. The van der Waals surface area contributed by atoms with Crippen LogP contribution in [-0.2, 0) is 17.8 Å². The molecule has 1 N–H and O–H groups in total. The number of aliphatic hydroxyl groups is 1.